The Morgan fingerprint density at radius 1 is 1.36 bits per heavy atom. The number of rotatable bonds is 3. The summed E-state index contributed by atoms with van der Waals surface area (Å²) in [7, 11) is 1.99. The van der Waals surface area contributed by atoms with E-state index in [0.717, 1.165) is 5.69 Å². The second kappa shape index (κ2) is 3.99. The largest absolute Gasteiger partial charge is 0.310 e. The van der Waals surface area contributed by atoms with Crippen LogP contribution in [0.4, 0.5) is 0 Å². The molecular formula is C11H20N2S. The lowest BCUT2D eigenvalue weighted by atomic mass is 10.0. The maximum atomic E-state index is 4.60. The van der Waals surface area contributed by atoms with Gasteiger partial charge in [-0.1, -0.05) is 13.8 Å². The first-order chi connectivity index (χ1) is 6.38. The van der Waals surface area contributed by atoms with E-state index in [1.54, 1.807) is 0 Å². The zero-order valence-electron chi connectivity index (χ0n) is 9.93. The summed E-state index contributed by atoms with van der Waals surface area (Å²) in [6.07, 6.45) is 0. The third-order valence-corrected chi connectivity index (χ3v) is 4.28. The molecule has 3 heteroatoms. The first-order valence-electron chi connectivity index (χ1n) is 5.05. The van der Waals surface area contributed by atoms with Crippen molar-refractivity contribution >= 4 is 11.3 Å². The lowest BCUT2D eigenvalue weighted by Crippen LogP contribution is -2.32. The first kappa shape index (κ1) is 11.7. The number of hydrogen-bond donors (Lipinski definition) is 1. The summed E-state index contributed by atoms with van der Waals surface area (Å²) in [5.74, 6) is 0.528. The zero-order valence-corrected chi connectivity index (χ0v) is 10.7. The average molecular weight is 212 g/mol. The molecule has 2 nitrogen and oxygen atoms in total. The van der Waals surface area contributed by atoms with E-state index in [4.69, 9.17) is 0 Å². The number of nitrogens with one attached hydrogen (secondary N) is 1. The zero-order chi connectivity index (χ0) is 10.9. The van der Waals surface area contributed by atoms with Crippen molar-refractivity contribution in [3.05, 3.63) is 15.6 Å². The van der Waals surface area contributed by atoms with Gasteiger partial charge in [-0.15, -0.1) is 11.3 Å². The quantitative estimate of drug-likeness (QED) is 0.833. The maximum absolute atomic E-state index is 4.60. The Bertz CT molecular complexity index is 313. The molecule has 0 unspecified atom stereocenters. The van der Waals surface area contributed by atoms with Crippen molar-refractivity contribution in [2.24, 2.45) is 0 Å². The Morgan fingerprint density at radius 2 is 1.93 bits per heavy atom. The third kappa shape index (κ3) is 2.15. The molecule has 1 rings (SSSR count). The summed E-state index contributed by atoms with van der Waals surface area (Å²) < 4.78 is 0. The van der Waals surface area contributed by atoms with Crippen molar-refractivity contribution in [1.82, 2.24) is 10.3 Å². The minimum absolute atomic E-state index is 0.0366. The summed E-state index contributed by atoms with van der Waals surface area (Å²) in [6.45, 7) is 10.9. The average Bonchev–Trinajstić information content (AvgIpc) is 2.48. The number of aromatic nitrogens is 1. The van der Waals surface area contributed by atoms with Gasteiger partial charge in [0.05, 0.1) is 10.7 Å². The number of nitrogens with zero attached hydrogens (tertiary/aromatic N) is 1. The first-order valence-corrected chi connectivity index (χ1v) is 5.87. The van der Waals surface area contributed by atoms with Gasteiger partial charge in [-0.3, -0.25) is 0 Å². The van der Waals surface area contributed by atoms with Gasteiger partial charge in [0.25, 0.3) is 0 Å². The van der Waals surface area contributed by atoms with Crippen molar-refractivity contribution in [2.75, 3.05) is 7.05 Å². The van der Waals surface area contributed by atoms with Crippen molar-refractivity contribution in [2.45, 2.75) is 46.1 Å². The molecule has 0 fully saturated rings. The van der Waals surface area contributed by atoms with Crippen LogP contribution in [-0.2, 0) is 5.54 Å². The van der Waals surface area contributed by atoms with Crippen LogP contribution < -0.4 is 5.32 Å². The molecule has 0 atom stereocenters. The van der Waals surface area contributed by atoms with Crippen molar-refractivity contribution in [3.63, 3.8) is 0 Å². The van der Waals surface area contributed by atoms with E-state index in [2.05, 4.69) is 44.9 Å². The van der Waals surface area contributed by atoms with Gasteiger partial charge in [-0.25, -0.2) is 4.98 Å². The van der Waals surface area contributed by atoms with Gasteiger partial charge in [0, 0.05) is 16.3 Å². The van der Waals surface area contributed by atoms with Crippen LogP contribution in [0.15, 0.2) is 0 Å². The van der Waals surface area contributed by atoms with Crippen LogP contribution in [-0.4, -0.2) is 12.0 Å². The van der Waals surface area contributed by atoms with Gasteiger partial charge in [0.2, 0.25) is 0 Å². The van der Waals surface area contributed by atoms with Crippen LogP contribution in [0.25, 0.3) is 0 Å². The Kier molecular flexibility index (Phi) is 3.32. The van der Waals surface area contributed by atoms with Gasteiger partial charge in [-0.2, -0.15) is 0 Å². The molecule has 0 saturated heterocycles. The molecule has 14 heavy (non-hydrogen) atoms. The van der Waals surface area contributed by atoms with Crippen LogP contribution >= 0.6 is 11.3 Å². The molecule has 0 spiro atoms. The molecule has 0 bridgehead atoms. The Hall–Kier alpha value is -0.410. The summed E-state index contributed by atoms with van der Waals surface area (Å²) >= 11 is 1.83. The van der Waals surface area contributed by atoms with Crippen LogP contribution in [0.1, 0.15) is 49.2 Å². The fourth-order valence-electron chi connectivity index (χ4n) is 1.36. The minimum Gasteiger partial charge on any atom is -0.310 e. The van der Waals surface area contributed by atoms with Crippen LogP contribution in [0.2, 0.25) is 0 Å². The highest BCUT2D eigenvalue weighted by Gasteiger charge is 2.24. The van der Waals surface area contributed by atoms with Gasteiger partial charge in [0.1, 0.15) is 0 Å². The van der Waals surface area contributed by atoms with Crippen molar-refractivity contribution < 1.29 is 0 Å². The molecule has 0 aliphatic rings. The third-order valence-electron chi connectivity index (χ3n) is 2.50. The van der Waals surface area contributed by atoms with Gasteiger partial charge in [-0.05, 0) is 27.8 Å². The molecule has 1 N–H and O–H groups in total. The maximum Gasteiger partial charge on any atom is 0.0957 e. The van der Waals surface area contributed by atoms with Crippen LogP contribution in [0, 0.1) is 6.92 Å². The van der Waals surface area contributed by atoms with E-state index in [-0.39, 0.29) is 5.54 Å². The summed E-state index contributed by atoms with van der Waals surface area (Å²) in [5, 5.41) is 4.56. The van der Waals surface area contributed by atoms with Gasteiger partial charge in [0.15, 0.2) is 0 Å². The highest BCUT2D eigenvalue weighted by molar-refractivity contribution is 7.12. The molecule has 1 aromatic heterocycles. The normalized spacial score (nSPS) is 12.5. The Balaban J connectivity index is 3.10. The second-order valence-electron chi connectivity index (χ2n) is 4.50. The van der Waals surface area contributed by atoms with E-state index in [9.17, 15) is 0 Å². The lowest BCUT2D eigenvalue weighted by molar-refractivity contribution is 0.450. The predicted octanol–water partition coefficient (Wildman–Crippen LogP) is 3.03. The molecule has 0 aliphatic heterocycles. The van der Waals surface area contributed by atoms with E-state index < -0.39 is 0 Å². The smallest absolute Gasteiger partial charge is 0.0957 e. The van der Waals surface area contributed by atoms with Gasteiger partial charge >= 0.3 is 0 Å². The molecule has 0 saturated carbocycles. The van der Waals surface area contributed by atoms with E-state index >= 15 is 0 Å². The van der Waals surface area contributed by atoms with Gasteiger partial charge < -0.3 is 5.32 Å². The lowest BCUT2D eigenvalue weighted by Gasteiger charge is -2.22. The molecule has 0 aliphatic carbocycles. The summed E-state index contributed by atoms with van der Waals surface area (Å²) in [6, 6.07) is 0. The fourth-order valence-corrected chi connectivity index (χ4v) is 2.54. The van der Waals surface area contributed by atoms with Crippen LogP contribution in [0.5, 0.6) is 0 Å². The van der Waals surface area contributed by atoms with Crippen molar-refractivity contribution in [3.8, 4) is 0 Å². The van der Waals surface area contributed by atoms with Crippen molar-refractivity contribution in [1.29, 1.82) is 0 Å². The standard InChI is InChI=1S/C11H20N2S/c1-7(2)10-13-8(3)9(14-10)11(4,5)12-6/h7,12H,1-6H3. The fraction of sp³-hybridized carbons (Fsp3) is 0.727. The highest BCUT2D eigenvalue weighted by atomic mass is 32.1. The second-order valence-corrected chi connectivity index (χ2v) is 5.53. The molecule has 1 aromatic rings. The molecule has 0 aromatic carbocycles. The molecule has 80 valence electrons. The van der Waals surface area contributed by atoms with E-state index in [0.29, 0.717) is 5.92 Å². The highest BCUT2D eigenvalue weighted by Crippen LogP contribution is 2.32. The summed E-state index contributed by atoms with van der Waals surface area (Å²) in [4.78, 5) is 5.95. The number of hydrogen-bond acceptors (Lipinski definition) is 3. The van der Waals surface area contributed by atoms with E-state index in [1.807, 2.05) is 18.4 Å². The monoisotopic (exact) mass is 212 g/mol. The topological polar surface area (TPSA) is 24.9 Å². The molecule has 0 radical (unpaired) electrons. The van der Waals surface area contributed by atoms with E-state index in [1.165, 1.54) is 9.88 Å². The minimum atomic E-state index is 0.0366. The Labute approximate surface area is 90.8 Å². The Morgan fingerprint density at radius 3 is 2.29 bits per heavy atom. The SMILES string of the molecule is CNC(C)(C)c1sc(C(C)C)nc1C. The predicted molar refractivity (Wildman–Crippen MR) is 63.0 cm³/mol. The number of thiazole rings is 1. The summed E-state index contributed by atoms with van der Waals surface area (Å²) in [5.41, 5.74) is 1.20. The molecule has 1 heterocycles. The molecular weight excluding hydrogens is 192 g/mol. The number of aryl methyl sites for hydroxylation is 1. The van der Waals surface area contributed by atoms with Crippen LogP contribution in [0.3, 0.4) is 0 Å². The molecule has 0 amide bonds.